The van der Waals surface area contributed by atoms with Crippen molar-refractivity contribution in [2.75, 3.05) is 16.3 Å². The first-order valence-corrected chi connectivity index (χ1v) is 15.4. The van der Waals surface area contributed by atoms with Crippen molar-refractivity contribution < 1.29 is 0 Å². The molecule has 0 N–H and O–H groups in total. The van der Waals surface area contributed by atoms with Crippen molar-refractivity contribution in [1.82, 2.24) is 0 Å². The predicted octanol–water partition coefficient (Wildman–Crippen LogP) is 9.51. The van der Waals surface area contributed by atoms with Crippen molar-refractivity contribution in [3.63, 3.8) is 0 Å². The molecule has 0 radical (unpaired) electrons. The zero-order valence-corrected chi connectivity index (χ0v) is 22.7. The molecule has 0 amide bonds. The Labute approximate surface area is 211 Å². The van der Waals surface area contributed by atoms with E-state index in [0.29, 0.717) is 0 Å². The van der Waals surface area contributed by atoms with Gasteiger partial charge in [-0.05, 0) is 75.1 Å². The van der Waals surface area contributed by atoms with Gasteiger partial charge in [0, 0.05) is 36.0 Å². The standard InChI is InChI=1S/C32H54N2/c1-3-5-15-27(4-2)26-33(28-16-9-6-10-17-28)29-22-24-32(25-23-29)34(30-18-11-7-12-19-30)31-20-13-8-14-21-31/h22-25,27-28,30-31H,3-21,26H2,1-2H3. The molecule has 0 saturated heterocycles. The molecule has 1 unspecified atom stereocenters. The van der Waals surface area contributed by atoms with Crippen LogP contribution in [0.5, 0.6) is 0 Å². The highest BCUT2D eigenvalue weighted by molar-refractivity contribution is 5.58. The van der Waals surface area contributed by atoms with Crippen LogP contribution in [0.1, 0.15) is 136 Å². The lowest BCUT2D eigenvalue weighted by Gasteiger charge is -2.44. The van der Waals surface area contributed by atoms with Gasteiger partial charge in [0.15, 0.2) is 0 Å². The van der Waals surface area contributed by atoms with E-state index in [2.05, 4.69) is 47.9 Å². The van der Waals surface area contributed by atoms with Crippen LogP contribution >= 0.6 is 0 Å². The summed E-state index contributed by atoms with van der Waals surface area (Å²) in [7, 11) is 0. The molecule has 3 fully saturated rings. The number of hydrogen-bond donors (Lipinski definition) is 0. The maximum Gasteiger partial charge on any atom is 0.0372 e. The molecule has 0 spiro atoms. The van der Waals surface area contributed by atoms with E-state index in [1.54, 1.807) is 0 Å². The highest BCUT2D eigenvalue weighted by Crippen LogP contribution is 2.36. The number of anilines is 2. The molecule has 0 aromatic heterocycles. The van der Waals surface area contributed by atoms with Gasteiger partial charge in [-0.1, -0.05) is 90.9 Å². The van der Waals surface area contributed by atoms with Crippen LogP contribution in [0, 0.1) is 5.92 Å². The smallest absolute Gasteiger partial charge is 0.0372 e. The van der Waals surface area contributed by atoms with Gasteiger partial charge in [-0.3, -0.25) is 0 Å². The van der Waals surface area contributed by atoms with E-state index < -0.39 is 0 Å². The number of rotatable bonds is 11. The van der Waals surface area contributed by atoms with Crippen LogP contribution in [0.4, 0.5) is 11.4 Å². The summed E-state index contributed by atoms with van der Waals surface area (Å²) in [5.74, 6) is 0.836. The lowest BCUT2D eigenvalue weighted by Crippen LogP contribution is -2.45. The zero-order chi connectivity index (χ0) is 23.6. The van der Waals surface area contributed by atoms with Gasteiger partial charge in [-0.25, -0.2) is 0 Å². The number of hydrogen-bond acceptors (Lipinski definition) is 2. The van der Waals surface area contributed by atoms with Crippen LogP contribution in [-0.2, 0) is 0 Å². The maximum absolute atomic E-state index is 2.91. The first-order valence-electron chi connectivity index (χ1n) is 15.4. The Morgan fingerprint density at radius 1 is 0.647 bits per heavy atom. The predicted molar refractivity (Wildman–Crippen MR) is 150 cm³/mol. The van der Waals surface area contributed by atoms with Crippen LogP contribution in [0.2, 0.25) is 0 Å². The maximum atomic E-state index is 2.91. The lowest BCUT2D eigenvalue weighted by atomic mass is 9.88. The molecule has 3 aliphatic rings. The molecule has 1 aromatic rings. The summed E-state index contributed by atoms with van der Waals surface area (Å²) in [5.41, 5.74) is 3.02. The van der Waals surface area contributed by atoms with Gasteiger partial charge in [0.2, 0.25) is 0 Å². The lowest BCUT2D eigenvalue weighted by molar-refractivity contribution is 0.340. The SMILES string of the molecule is CCCCC(CC)CN(c1ccc(N(C2CCCCC2)C2CCCCC2)cc1)C1CCCCC1. The zero-order valence-electron chi connectivity index (χ0n) is 22.7. The van der Waals surface area contributed by atoms with E-state index in [1.807, 2.05) is 0 Å². The molecule has 34 heavy (non-hydrogen) atoms. The molecule has 4 rings (SSSR count). The van der Waals surface area contributed by atoms with Crippen molar-refractivity contribution in [3.8, 4) is 0 Å². The Morgan fingerprint density at radius 2 is 1.12 bits per heavy atom. The Balaban J connectivity index is 1.54. The van der Waals surface area contributed by atoms with Gasteiger partial charge in [-0.15, -0.1) is 0 Å². The third-order valence-electron chi connectivity index (χ3n) is 9.43. The average Bonchev–Trinajstić information content (AvgIpc) is 2.91. The molecule has 1 atom stereocenters. The highest BCUT2D eigenvalue weighted by atomic mass is 15.2. The molecule has 2 nitrogen and oxygen atoms in total. The van der Waals surface area contributed by atoms with Crippen molar-refractivity contribution in [1.29, 1.82) is 0 Å². The molecule has 0 bridgehead atoms. The van der Waals surface area contributed by atoms with Gasteiger partial charge in [0.05, 0.1) is 0 Å². The Morgan fingerprint density at radius 3 is 1.59 bits per heavy atom. The van der Waals surface area contributed by atoms with Crippen molar-refractivity contribution >= 4 is 11.4 Å². The van der Waals surface area contributed by atoms with E-state index >= 15 is 0 Å². The van der Waals surface area contributed by atoms with Gasteiger partial charge in [-0.2, -0.15) is 0 Å². The van der Waals surface area contributed by atoms with Crippen LogP contribution in [0.15, 0.2) is 24.3 Å². The third kappa shape index (κ3) is 6.94. The summed E-state index contributed by atoms with van der Waals surface area (Å²) < 4.78 is 0. The second-order valence-corrected chi connectivity index (χ2v) is 11.9. The molecule has 0 heterocycles. The molecule has 192 valence electrons. The van der Waals surface area contributed by atoms with Crippen LogP contribution in [0.3, 0.4) is 0 Å². The average molecular weight is 467 g/mol. The van der Waals surface area contributed by atoms with Crippen LogP contribution in [-0.4, -0.2) is 24.7 Å². The van der Waals surface area contributed by atoms with E-state index in [0.717, 1.165) is 24.0 Å². The summed E-state index contributed by atoms with van der Waals surface area (Å²) in [6, 6.07) is 12.3. The summed E-state index contributed by atoms with van der Waals surface area (Å²) in [5, 5.41) is 0. The summed E-state index contributed by atoms with van der Waals surface area (Å²) in [6.07, 6.45) is 26.7. The number of unbranched alkanes of at least 4 members (excludes halogenated alkanes) is 1. The van der Waals surface area contributed by atoms with Gasteiger partial charge < -0.3 is 9.80 Å². The van der Waals surface area contributed by atoms with E-state index in [9.17, 15) is 0 Å². The largest absolute Gasteiger partial charge is 0.368 e. The van der Waals surface area contributed by atoms with Crippen LogP contribution < -0.4 is 9.80 Å². The molecule has 3 saturated carbocycles. The van der Waals surface area contributed by atoms with Crippen molar-refractivity contribution in [2.24, 2.45) is 5.92 Å². The minimum absolute atomic E-state index is 0.753. The topological polar surface area (TPSA) is 6.48 Å². The van der Waals surface area contributed by atoms with Gasteiger partial charge >= 0.3 is 0 Å². The summed E-state index contributed by atoms with van der Waals surface area (Å²) >= 11 is 0. The highest BCUT2D eigenvalue weighted by Gasteiger charge is 2.30. The molecule has 0 aliphatic heterocycles. The molecule has 1 aromatic carbocycles. The van der Waals surface area contributed by atoms with E-state index in [4.69, 9.17) is 0 Å². The Kier molecular flexibility index (Phi) is 10.5. The summed E-state index contributed by atoms with van der Waals surface area (Å²) in [4.78, 5) is 5.75. The normalized spacial score (nSPS) is 21.9. The quantitative estimate of drug-likeness (QED) is 0.320. The first-order chi connectivity index (χ1) is 16.8. The fourth-order valence-corrected chi connectivity index (χ4v) is 7.31. The molecular weight excluding hydrogens is 412 g/mol. The summed E-state index contributed by atoms with van der Waals surface area (Å²) in [6.45, 7) is 6.01. The molecule has 3 aliphatic carbocycles. The van der Waals surface area contributed by atoms with Gasteiger partial charge in [0.25, 0.3) is 0 Å². The molecule has 2 heteroatoms. The monoisotopic (exact) mass is 466 g/mol. The second-order valence-electron chi connectivity index (χ2n) is 11.9. The van der Waals surface area contributed by atoms with E-state index in [1.165, 1.54) is 140 Å². The number of benzene rings is 1. The van der Waals surface area contributed by atoms with Crippen molar-refractivity contribution in [3.05, 3.63) is 24.3 Å². The minimum Gasteiger partial charge on any atom is -0.368 e. The fraction of sp³-hybridized carbons (Fsp3) is 0.812. The second kappa shape index (κ2) is 13.8. The van der Waals surface area contributed by atoms with Gasteiger partial charge in [0.1, 0.15) is 0 Å². The first kappa shape index (κ1) is 25.9. The van der Waals surface area contributed by atoms with Crippen molar-refractivity contribution in [2.45, 2.75) is 154 Å². The Bertz CT molecular complexity index is 647. The number of nitrogens with zero attached hydrogens (tertiary/aromatic N) is 2. The minimum atomic E-state index is 0.753. The Hall–Kier alpha value is -1.18. The third-order valence-corrected chi connectivity index (χ3v) is 9.43. The van der Waals surface area contributed by atoms with Crippen LogP contribution in [0.25, 0.3) is 0 Å². The fourth-order valence-electron chi connectivity index (χ4n) is 7.31. The molecular formula is C32H54N2. The van der Waals surface area contributed by atoms with E-state index in [-0.39, 0.29) is 0 Å².